The minimum absolute atomic E-state index is 0.137. The number of aryl methyl sites for hydroxylation is 3. The first-order chi connectivity index (χ1) is 18.1. The predicted octanol–water partition coefficient (Wildman–Crippen LogP) is 4.83. The topological polar surface area (TPSA) is 83.4 Å². The predicted molar refractivity (Wildman–Crippen MR) is 149 cm³/mol. The zero-order valence-electron chi connectivity index (χ0n) is 21.6. The van der Waals surface area contributed by atoms with E-state index in [2.05, 4.69) is 61.6 Å². The van der Waals surface area contributed by atoms with E-state index in [1.165, 1.54) is 34.6 Å². The van der Waals surface area contributed by atoms with Gasteiger partial charge in [0.1, 0.15) is 6.33 Å². The van der Waals surface area contributed by atoms with Gasteiger partial charge in [-0.25, -0.2) is 9.97 Å². The zero-order valence-corrected chi connectivity index (χ0v) is 22.4. The van der Waals surface area contributed by atoms with Gasteiger partial charge >= 0.3 is 0 Å². The Morgan fingerprint density at radius 1 is 1.11 bits per heavy atom. The number of aliphatic imine (C=N–C) groups is 1. The summed E-state index contributed by atoms with van der Waals surface area (Å²) in [5, 5.41) is 4.33. The Labute approximate surface area is 223 Å². The molecule has 1 atom stereocenters. The number of nitrogens with zero attached hydrogens (tertiary/aromatic N) is 5. The summed E-state index contributed by atoms with van der Waals surface area (Å²) in [5.41, 5.74) is 6.88. The maximum absolute atomic E-state index is 12.8. The first-order valence-corrected chi connectivity index (χ1v) is 14.0. The number of benzene rings is 1. The zero-order chi connectivity index (χ0) is 25.6. The molecule has 1 aliphatic carbocycles. The average molecular weight is 515 g/mol. The molecule has 1 aromatic carbocycles. The van der Waals surface area contributed by atoms with Crippen LogP contribution >= 0.6 is 11.8 Å². The van der Waals surface area contributed by atoms with Crippen molar-refractivity contribution in [3.05, 3.63) is 88.3 Å². The number of rotatable bonds is 9. The number of thioether (sulfide) groups is 1. The summed E-state index contributed by atoms with van der Waals surface area (Å²) < 4.78 is 0. The van der Waals surface area contributed by atoms with Crippen LogP contribution in [-0.4, -0.2) is 49.6 Å². The smallest absolute Gasteiger partial charge is 0.255 e. The van der Waals surface area contributed by atoms with Crippen molar-refractivity contribution in [1.82, 2.24) is 25.2 Å². The lowest BCUT2D eigenvalue weighted by molar-refractivity contribution is 0.0948. The fourth-order valence-corrected chi connectivity index (χ4v) is 6.16. The summed E-state index contributed by atoms with van der Waals surface area (Å²) in [6, 6.07) is 13.1. The molecule has 2 aromatic heterocycles. The van der Waals surface area contributed by atoms with Crippen molar-refractivity contribution >= 4 is 22.7 Å². The first kappa shape index (κ1) is 25.5. The highest BCUT2D eigenvalue weighted by Gasteiger charge is 2.27. The number of fused-ring (bicyclic) bond motifs is 1. The van der Waals surface area contributed by atoms with Crippen LogP contribution in [0.1, 0.15) is 69.4 Å². The summed E-state index contributed by atoms with van der Waals surface area (Å²) >= 11 is 1.89. The van der Waals surface area contributed by atoms with E-state index in [0.29, 0.717) is 29.5 Å². The van der Waals surface area contributed by atoms with E-state index in [4.69, 9.17) is 4.98 Å². The fourth-order valence-electron chi connectivity index (χ4n) is 5.32. The molecule has 37 heavy (non-hydrogen) atoms. The van der Waals surface area contributed by atoms with E-state index in [-0.39, 0.29) is 5.91 Å². The Bertz CT molecular complexity index is 1270. The lowest BCUT2D eigenvalue weighted by Crippen LogP contribution is -2.33. The number of pyridine rings is 1. The fraction of sp³-hybridized carbons (Fsp3) is 0.414. The molecular weight excluding hydrogens is 480 g/mol. The van der Waals surface area contributed by atoms with Crippen molar-refractivity contribution in [2.75, 3.05) is 18.8 Å². The Balaban J connectivity index is 1.31. The van der Waals surface area contributed by atoms with Crippen LogP contribution in [0.3, 0.4) is 0 Å². The normalized spacial score (nSPS) is 16.9. The second-order valence-corrected chi connectivity index (χ2v) is 10.9. The highest BCUT2D eigenvalue weighted by molar-refractivity contribution is 8.14. The minimum Gasteiger partial charge on any atom is -0.348 e. The highest BCUT2D eigenvalue weighted by Crippen LogP contribution is 2.34. The molecule has 8 heteroatoms. The van der Waals surface area contributed by atoms with Gasteiger partial charge < -0.3 is 5.32 Å². The van der Waals surface area contributed by atoms with E-state index >= 15 is 0 Å². The van der Waals surface area contributed by atoms with Gasteiger partial charge in [-0.3, -0.25) is 19.7 Å². The molecule has 3 aromatic rings. The van der Waals surface area contributed by atoms with Gasteiger partial charge in [0.25, 0.3) is 5.91 Å². The number of nitrogens with one attached hydrogen (secondary N) is 1. The third-order valence-electron chi connectivity index (χ3n) is 7.15. The van der Waals surface area contributed by atoms with Crippen molar-refractivity contribution in [2.45, 2.75) is 58.7 Å². The monoisotopic (exact) mass is 514 g/mol. The highest BCUT2D eigenvalue weighted by atomic mass is 32.2. The van der Waals surface area contributed by atoms with Gasteiger partial charge in [-0.2, -0.15) is 0 Å². The SMILES string of the molecule is Cc1ncnc(C)c1C(=O)NCc1cccc(CN(CCC2=NCCS2)C2CCCc3cccnc32)c1. The molecule has 3 heterocycles. The van der Waals surface area contributed by atoms with Crippen LogP contribution in [0.5, 0.6) is 0 Å². The van der Waals surface area contributed by atoms with Gasteiger partial charge in [0.15, 0.2) is 0 Å². The number of carbonyl (C=O) groups excluding carboxylic acids is 1. The Hall–Kier alpha value is -3.10. The van der Waals surface area contributed by atoms with Crippen molar-refractivity contribution < 1.29 is 4.79 Å². The molecule has 192 valence electrons. The molecule has 1 aliphatic heterocycles. The third-order valence-corrected chi connectivity index (χ3v) is 8.20. The van der Waals surface area contributed by atoms with Crippen LogP contribution in [0.15, 0.2) is 53.9 Å². The maximum atomic E-state index is 12.8. The second-order valence-electron chi connectivity index (χ2n) is 9.72. The number of amides is 1. The van der Waals surface area contributed by atoms with E-state index in [0.717, 1.165) is 50.2 Å². The summed E-state index contributed by atoms with van der Waals surface area (Å²) in [4.78, 5) is 33.3. The molecule has 5 rings (SSSR count). The number of hydrogen-bond donors (Lipinski definition) is 1. The van der Waals surface area contributed by atoms with E-state index in [1.807, 2.05) is 31.8 Å². The molecule has 1 amide bonds. The van der Waals surface area contributed by atoms with Gasteiger partial charge in [-0.15, -0.1) is 11.8 Å². The van der Waals surface area contributed by atoms with Crippen molar-refractivity contribution in [3.8, 4) is 0 Å². The molecule has 7 nitrogen and oxygen atoms in total. The molecule has 0 spiro atoms. The van der Waals surface area contributed by atoms with Crippen molar-refractivity contribution in [1.29, 1.82) is 0 Å². The second kappa shape index (κ2) is 12.0. The van der Waals surface area contributed by atoms with E-state index in [9.17, 15) is 4.79 Å². The average Bonchev–Trinajstić information content (AvgIpc) is 3.43. The standard InChI is InChI=1S/C29H34N6OS/c1-20-27(21(2)34-19-33-20)29(36)32-17-22-6-3-7-23(16-22)18-35(14-11-26-30-13-15-37-26)25-10-4-8-24-9-5-12-31-28(24)25/h3,5-7,9,12,16,19,25H,4,8,10-11,13-15,17-18H2,1-2H3,(H,32,36). The molecule has 0 fully saturated rings. The lowest BCUT2D eigenvalue weighted by Gasteiger charge is -2.35. The number of aromatic nitrogens is 3. The Kier molecular flexibility index (Phi) is 8.26. The minimum atomic E-state index is -0.137. The largest absolute Gasteiger partial charge is 0.348 e. The molecule has 1 unspecified atom stereocenters. The van der Waals surface area contributed by atoms with Crippen molar-refractivity contribution in [3.63, 3.8) is 0 Å². The summed E-state index contributed by atoms with van der Waals surface area (Å²) in [7, 11) is 0. The van der Waals surface area contributed by atoms with Gasteiger partial charge in [-0.05, 0) is 55.9 Å². The van der Waals surface area contributed by atoms with E-state index in [1.54, 1.807) is 0 Å². The summed E-state index contributed by atoms with van der Waals surface area (Å²) in [6.45, 7) is 6.88. The van der Waals surface area contributed by atoms with Crippen LogP contribution in [0.25, 0.3) is 0 Å². The van der Waals surface area contributed by atoms with Gasteiger partial charge in [0.05, 0.1) is 33.7 Å². The third kappa shape index (κ3) is 6.25. The van der Waals surface area contributed by atoms with Crippen LogP contribution < -0.4 is 5.32 Å². The molecular formula is C29H34N6OS. The Morgan fingerprint density at radius 3 is 2.76 bits per heavy atom. The van der Waals surface area contributed by atoms with Crippen LogP contribution in [0.2, 0.25) is 0 Å². The van der Waals surface area contributed by atoms with Gasteiger partial charge in [0, 0.05) is 44.5 Å². The Morgan fingerprint density at radius 2 is 1.95 bits per heavy atom. The van der Waals surface area contributed by atoms with Crippen LogP contribution in [0.4, 0.5) is 0 Å². The molecule has 0 radical (unpaired) electrons. The molecule has 1 N–H and O–H groups in total. The van der Waals surface area contributed by atoms with Gasteiger partial charge in [-0.1, -0.05) is 30.3 Å². The van der Waals surface area contributed by atoms with Crippen LogP contribution in [0, 0.1) is 13.8 Å². The molecule has 0 bridgehead atoms. The molecule has 0 saturated heterocycles. The van der Waals surface area contributed by atoms with Gasteiger partial charge in [0.2, 0.25) is 0 Å². The number of hydrogen-bond acceptors (Lipinski definition) is 7. The first-order valence-electron chi connectivity index (χ1n) is 13.1. The molecule has 0 saturated carbocycles. The molecule has 2 aliphatic rings. The summed E-state index contributed by atoms with van der Waals surface area (Å²) in [5.74, 6) is 0.966. The van der Waals surface area contributed by atoms with E-state index < -0.39 is 0 Å². The van der Waals surface area contributed by atoms with Crippen molar-refractivity contribution in [2.24, 2.45) is 4.99 Å². The number of carbonyl (C=O) groups is 1. The summed E-state index contributed by atoms with van der Waals surface area (Å²) in [6.07, 6.45) is 7.82. The maximum Gasteiger partial charge on any atom is 0.255 e. The quantitative estimate of drug-likeness (QED) is 0.440. The lowest BCUT2D eigenvalue weighted by atomic mass is 9.90. The van der Waals surface area contributed by atoms with Crippen LogP contribution in [-0.2, 0) is 19.5 Å².